The Labute approximate surface area is 129 Å². The molecular weight excluding hydrogens is 338 g/mol. The number of carboxylic acid groups (broad SMARTS) is 1. The third-order valence-electron chi connectivity index (χ3n) is 2.71. The van der Waals surface area contributed by atoms with Gasteiger partial charge in [-0.1, -0.05) is 0 Å². The van der Waals surface area contributed by atoms with Crippen molar-refractivity contribution in [2.24, 2.45) is 0 Å². The highest BCUT2D eigenvalue weighted by Gasteiger charge is 2.14. The highest BCUT2D eigenvalue weighted by Crippen LogP contribution is 2.31. The molecule has 0 aliphatic heterocycles. The van der Waals surface area contributed by atoms with Crippen LogP contribution in [0.1, 0.15) is 15.9 Å². The van der Waals surface area contributed by atoms with Crippen LogP contribution in [-0.4, -0.2) is 18.2 Å². The predicted molar refractivity (Wildman–Crippen MR) is 78.9 cm³/mol. The molecule has 0 bridgehead atoms. The van der Waals surface area contributed by atoms with Gasteiger partial charge in [-0.2, -0.15) is 5.26 Å². The molecule has 2 aromatic carbocycles. The van der Waals surface area contributed by atoms with Crippen LogP contribution in [0, 0.1) is 11.3 Å². The number of nitrogens with zero attached hydrogens (tertiary/aromatic N) is 1. The summed E-state index contributed by atoms with van der Waals surface area (Å²) in [6, 6.07) is 11.3. The van der Waals surface area contributed by atoms with Gasteiger partial charge in [-0.15, -0.1) is 0 Å². The smallest absolute Gasteiger partial charge is 0.339 e. The topological polar surface area (TPSA) is 79.5 Å². The van der Waals surface area contributed by atoms with Crippen molar-refractivity contribution in [2.75, 3.05) is 7.11 Å². The summed E-state index contributed by atoms with van der Waals surface area (Å²) in [6.07, 6.45) is 0. The van der Waals surface area contributed by atoms with Crippen molar-refractivity contribution in [1.29, 1.82) is 5.26 Å². The zero-order chi connectivity index (χ0) is 15.4. The van der Waals surface area contributed by atoms with E-state index in [1.54, 1.807) is 24.3 Å². The summed E-state index contributed by atoms with van der Waals surface area (Å²) in [7, 11) is 1.46. The minimum absolute atomic E-state index is 0.00479. The minimum Gasteiger partial charge on any atom is -0.497 e. The molecule has 0 saturated carbocycles. The summed E-state index contributed by atoms with van der Waals surface area (Å²) in [6.45, 7) is 0. The SMILES string of the molecule is COc1ccc(Oc2ccc(C#N)c(Br)c2)c(C(=O)O)c1. The third-order valence-corrected chi connectivity index (χ3v) is 3.36. The van der Waals surface area contributed by atoms with Gasteiger partial charge in [0.15, 0.2) is 0 Å². The molecule has 0 atom stereocenters. The predicted octanol–water partition coefficient (Wildman–Crippen LogP) is 3.82. The molecule has 0 aliphatic rings. The van der Waals surface area contributed by atoms with Crippen LogP contribution in [0.3, 0.4) is 0 Å². The molecule has 0 fully saturated rings. The van der Waals surface area contributed by atoms with Gasteiger partial charge in [0, 0.05) is 4.47 Å². The van der Waals surface area contributed by atoms with Crippen molar-refractivity contribution in [3.8, 4) is 23.3 Å². The van der Waals surface area contributed by atoms with E-state index >= 15 is 0 Å². The Balaban J connectivity index is 2.37. The first kappa shape index (κ1) is 14.9. The van der Waals surface area contributed by atoms with E-state index < -0.39 is 5.97 Å². The van der Waals surface area contributed by atoms with Crippen LogP contribution < -0.4 is 9.47 Å². The molecule has 0 spiro atoms. The van der Waals surface area contributed by atoms with Crippen LogP contribution in [0.5, 0.6) is 17.2 Å². The number of methoxy groups -OCH3 is 1. The average Bonchev–Trinajstić information content (AvgIpc) is 2.47. The molecule has 0 heterocycles. The van der Waals surface area contributed by atoms with Gasteiger partial charge in [-0.25, -0.2) is 4.79 Å². The third kappa shape index (κ3) is 3.33. The lowest BCUT2D eigenvalue weighted by Crippen LogP contribution is -2.01. The van der Waals surface area contributed by atoms with Gasteiger partial charge < -0.3 is 14.6 Å². The maximum atomic E-state index is 11.3. The maximum Gasteiger partial charge on any atom is 0.339 e. The number of carbonyl (C=O) groups is 1. The van der Waals surface area contributed by atoms with E-state index in [9.17, 15) is 9.90 Å². The van der Waals surface area contributed by atoms with E-state index in [-0.39, 0.29) is 11.3 Å². The number of hydrogen-bond acceptors (Lipinski definition) is 4. The van der Waals surface area contributed by atoms with E-state index in [4.69, 9.17) is 14.7 Å². The van der Waals surface area contributed by atoms with E-state index in [0.29, 0.717) is 21.5 Å². The summed E-state index contributed by atoms with van der Waals surface area (Å²) in [5, 5.41) is 18.1. The van der Waals surface area contributed by atoms with E-state index in [0.717, 1.165) is 0 Å². The molecule has 0 unspecified atom stereocenters. The Hall–Kier alpha value is -2.52. The molecule has 6 heteroatoms. The molecule has 5 nitrogen and oxygen atoms in total. The second kappa shape index (κ2) is 6.29. The first-order chi connectivity index (χ1) is 10.0. The first-order valence-electron chi connectivity index (χ1n) is 5.84. The van der Waals surface area contributed by atoms with Gasteiger partial charge in [0.2, 0.25) is 0 Å². The number of ether oxygens (including phenoxy) is 2. The largest absolute Gasteiger partial charge is 0.497 e. The molecule has 2 aromatic rings. The van der Waals surface area contributed by atoms with Crippen LogP contribution in [0.25, 0.3) is 0 Å². The number of hydrogen-bond donors (Lipinski definition) is 1. The summed E-state index contributed by atoms with van der Waals surface area (Å²) in [5.41, 5.74) is 0.463. The quantitative estimate of drug-likeness (QED) is 0.909. The normalized spacial score (nSPS) is 9.76. The Bertz CT molecular complexity index is 737. The van der Waals surface area contributed by atoms with E-state index in [1.807, 2.05) is 6.07 Å². The minimum atomic E-state index is -1.11. The van der Waals surface area contributed by atoms with E-state index in [1.165, 1.54) is 19.2 Å². The number of rotatable bonds is 4. The van der Waals surface area contributed by atoms with Gasteiger partial charge in [-0.05, 0) is 52.3 Å². The van der Waals surface area contributed by atoms with Crippen LogP contribution in [0.15, 0.2) is 40.9 Å². The van der Waals surface area contributed by atoms with Crippen molar-refractivity contribution in [3.05, 3.63) is 52.0 Å². The van der Waals surface area contributed by atoms with Crippen LogP contribution in [0.2, 0.25) is 0 Å². The van der Waals surface area contributed by atoms with Crippen molar-refractivity contribution >= 4 is 21.9 Å². The highest BCUT2D eigenvalue weighted by atomic mass is 79.9. The molecular formula is C15H10BrNO4. The summed E-state index contributed by atoms with van der Waals surface area (Å²) in [4.78, 5) is 11.3. The first-order valence-corrected chi connectivity index (χ1v) is 6.63. The van der Waals surface area contributed by atoms with Gasteiger partial charge in [0.25, 0.3) is 0 Å². The molecule has 0 aliphatic carbocycles. The zero-order valence-electron chi connectivity index (χ0n) is 11.0. The summed E-state index contributed by atoms with van der Waals surface area (Å²) < 4.78 is 11.1. The molecule has 0 radical (unpaired) electrons. The van der Waals surface area contributed by atoms with Gasteiger partial charge in [0.1, 0.15) is 28.9 Å². The lowest BCUT2D eigenvalue weighted by atomic mass is 10.2. The van der Waals surface area contributed by atoms with E-state index in [2.05, 4.69) is 15.9 Å². The second-order valence-corrected chi connectivity index (χ2v) is 4.88. The average molecular weight is 348 g/mol. The highest BCUT2D eigenvalue weighted by molar-refractivity contribution is 9.10. The monoisotopic (exact) mass is 347 g/mol. The fourth-order valence-electron chi connectivity index (χ4n) is 1.67. The lowest BCUT2D eigenvalue weighted by Gasteiger charge is -2.10. The molecule has 1 N–H and O–H groups in total. The molecule has 21 heavy (non-hydrogen) atoms. The van der Waals surface area contributed by atoms with Gasteiger partial charge in [0.05, 0.1) is 12.7 Å². The zero-order valence-corrected chi connectivity index (χ0v) is 12.5. The fourth-order valence-corrected chi connectivity index (χ4v) is 2.12. The van der Waals surface area contributed by atoms with Gasteiger partial charge in [-0.3, -0.25) is 0 Å². The Morgan fingerprint density at radius 1 is 1.24 bits per heavy atom. The Kier molecular flexibility index (Phi) is 4.45. The van der Waals surface area contributed by atoms with Crippen LogP contribution >= 0.6 is 15.9 Å². The van der Waals surface area contributed by atoms with Crippen molar-refractivity contribution < 1.29 is 19.4 Å². The molecule has 2 rings (SSSR count). The van der Waals surface area contributed by atoms with Crippen molar-refractivity contribution in [3.63, 3.8) is 0 Å². The Morgan fingerprint density at radius 3 is 2.52 bits per heavy atom. The van der Waals surface area contributed by atoms with Crippen LogP contribution in [-0.2, 0) is 0 Å². The number of nitriles is 1. The molecule has 0 aromatic heterocycles. The lowest BCUT2D eigenvalue weighted by molar-refractivity contribution is 0.0693. The Morgan fingerprint density at radius 2 is 1.95 bits per heavy atom. The van der Waals surface area contributed by atoms with Crippen molar-refractivity contribution in [2.45, 2.75) is 0 Å². The van der Waals surface area contributed by atoms with Gasteiger partial charge >= 0.3 is 5.97 Å². The number of benzene rings is 2. The van der Waals surface area contributed by atoms with Crippen molar-refractivity contribution in [1.82, 2.24) is 0 Å². The van der Waals surface area contributed by atoms with Crippen LogP contribution in [0.4, 0.5) is 0 Å². The molecule has 0 amide bonds. The maximum absolute atomic E-state index is 11.3. The fraction of sp³-hybridized carbons (Fsp3) is 0.0667. The molecule has 106 valence electrons. The number of aromatic carboxylic acids is 1. The summed E-state index contributed by atoms with van der Waals surface area (Å²) in [5.74, 6) is -0.0641. The second-order valence-electron chi connectivity index (χ2n) is 4.02. The number of carboxylic acids is 1. The molecule has 0 saturated heterocycles. The number of halogens is 1. The standard InChI is InChI=1S/C15H10BrNO4/c1-20-10-4-5-14(12(6-10)15(18)19)21-11-3-2-9(8-17)13(16)7-11/h2-7H,1H3,(H,18,19). The summed E-state index contributed by atoms with van der Waals surface area (Å²) >= 11 is 3.25.